The van der Waals surface area contributed by atoms with E-state index in [1.807, 2.05) is 11.9 Å². The number of ether oxygens (including phenoxy) is 1. The molecule has 25 heavy (non-hydrogen) atoms. The number of hydrogen-bond donors (Lipinski definition) is 1. The van der Waals surface area contributed by atoms with E-state index < -0.39 is 0 Å². The van der Waals surface area contributed by atoms with Crippen LogP contribution in [0.1, 0.15) is 16.8 Å². The molecule has 0 saturated carbocycles. The Bertz CT molecular complexity index is 752. The summed E-state index contributed by atoms with van der Waals surface area (Å²) in [5, 5.41) is 3.91. The van der Waals surface area contributed by atoms with Gasteiger partial charge in [0.1, 0.15) is 10.8 Å². The smallest absolute Gasteiger partial charge is 0.255 e. The Morgan fingerprint density at radius 3 is 2.92 bits per heavy atom. The van der Waals surface area contributed by atoms with Crippen molar-refractivity contribution in [2.24, 2.45) is 5.92 Å². The first kappa shape index (κ1) is 18.0. The molecule has 2 aromatic rings. The van der Waals surface area contributed by atoms with Crippen molar-refractivity contribution in [3.8, 4) is 11.6 Å². The van der Waals surface area contributed by atoms with Gasteiger partial charge >= 0.3 is 0 Å². The van der Waals surface area contributed by atoms with E-state index in [-0.39, 0.29) is 5.91 Å². The van der Waals surface area contributed by atoms with Crippen LogP contribution < -0.4 is 10.1 Å². The Morgan fingerprint density at radius 2 is 2.20 bits per heavy atom. The number of pyridine rings is 1. The number of halogens is 2. The van der Waals surface area contributed by atoms with E-state index in [0.29, 0.717) is 33.2 Å². The Balaban J connectivity index is 1.66. The first-order chi connectivity index (χ1) is 12.1. The molecule has 0 spiro atoms. The molecule has 1 aromatic carbocycles. The second-order valence-electron chi connectivity index (χ2n) is 6.00. The lowest BCUT2D eigenvalue weighted by Gasteiger charge is -2.16. The summed E-state index contributed by atoms with van der Waals surface area (Å²) in [6.07, 6.45) is 2.55. The summed E-state index contributed by atoms with van der Waals surface area (Å²) in [4.78, 5) is 18.6. The van der Waals surface area contributed by atoms with E-state index >= 15 is 0 Å². The first-order valence-electron chi connectivity index (χ1n) is 8.10. The normalized spacial score (nSPS) is 16.9. The van der Waals surface area contributed by atoms with Gasteiger partial charge in [-0.15, -0.1) is 0 Å². The van der Waals surface area contributed by atoms with Gasteiger partial charge in [0, 0.05) is 25.4 Å². The molecule has 1 aliphatic heterocycles. The van der Waals surface area contributed by atoms with Crippen LogP contribution in [-0.4, -0.2) is 42.5 Å². The minimum absolute atomic E-state index is 0.00144. The molecule has 3 rings (SSSR count). The molecule has 7 heteroatoms. The van der Waals surface area contributed by atoms with Crippen LogP contribution in [0.5, 0.6) is 11.6 Å². The zero-order valence-electron chi connectivity index (χ0n) is 13.8. The number of hydrogen-bond acceptors (Lipinski definition) is 4. The molecule has 1 fully saturated rings. The molecule has 0 radical (unpaired) electrons. The van der Waals surface area contributed by atoms with Gasteiger partial charge < -0.3 is 15.0 Å². The number of nitrogens with one attached hydrogen (secondary N) is 1. The van der Waals surface area contributed by atoms with Crippen LogP contribution in [-0.2, 0) is 0 Å². The monoisotopic (exact) mass is 379 g/mol. The molecule has 1 saturated heterocycles. The number of likely N-dealkylation sites (tertiary alicyclic amines) is 1. The van der Waals surface area contributed by atoms with Crippen molar-refractivity contribution in [1.29, 1.82) is 0 Å². The molecule has 1 N–H and O–H groups in total. The maximum atomic E-state index is 12.6. The lowest BCUT2D eigenvalue weighted by atomic mass is 10.1. The SMILES string of the molecule is CNC[C@@H]1CCN(C(=O)c2ccc(Oc3cccc(Cl)c3Cl)nc2)C1. The topological polar surface area (TPSA) is 54.5 Å². The predicted molar refractivity (Wildman–Crippen MR) is 98.7 cm³/mol. The van der Waals surface area contributed by atoms with Crippen LogP contribution >= 0.6 is 23.2 Å². The van der Waals surface area contributed by atoms with E-state index in [9.17, 15) is 4.79 Å². The quantitative estimate of drug-likeness (QED) is 0.856. The Hall–Kier alpha value is -1.82. The number of carbonyl (C=O) groups excluding carboxylic acids is 1. The standard InChI is InChI=1S/C18H19Cl2N3O2/c1-21-9-12-7-8-23(11-12)18(24)13-5-6-16(22-10-13)25-15-4-2-3-14(19)17(15)20/h2-6,10,12,21H,7-9,11H2,1H3/t12-/m0/s1. The lowest BCUT2D eigenvalue weighted by Crippen LogP contribution is -2.30. The van der Waals surface area contributed by atoms with Crippen molar-refractivity contribution in [1.82, 2.24) is 15.2 Å². The Morgan fingerprint density at radius 1 is 1.36 bits per heavy atom. The predicted octanol–water partition coefficient (Wildman–Crippen LogP) is 3.86. The van der Waals surface area contributed by atoms with Crippen LogP contribution in [0.15, 0.2) is 36.5 Å². The maximum absolute atomic E-state index is 12.6. The van der Waals surface area contributed by atoms with Gasteiger partial charge in [-0.1, -0.05) is 29.3 Å². The molecule has 0 unspecified atom stereocenters. The van der Waals surface area contributed by atoms with Crippen LogP contribution in [0.2, 0.25) is 10.0 Å². The number of carbonyl (C=O) groups is 1. The summed E-state index contributed by atoms with van der Waals surface area (Å²) >= 11 is 12.1. The highest BCUT2D eigenvalue weighted by Crippen LogP contribution is 2.34. The van der Waals surface area contributed by atoms with Crippen molar-refractivity contribution < 1.29 is 9.53 Å². The van der Waals surface area contributed by atoms with Crippen LogP contribution in [0, 0.1) is 5.92 Å². The van der Waals surface area contributed by atoms with Crippen LogP contribution in [0.25, 0.3) is 0 Å². The van der Waals surface area contributed by atoms with Gasteiger partial charge in [-0.25, -0.2) is 4.98 Å². The van der Waals surface area contributed by atoms with Crippen molar-refractivity contribution in [2.75, 3.05) is 26.7 Å². The molecule has 0 bridgehead atoms. The minimum Gasteiger partial charge on any atom is -0.437 e. The fourth-order valence-corrected chi connectivity index (χ4v) is 3.23. The molecular formula is C18H19Cl2N3O2. The van der Waals surface area contributed by atoms with E-state index in [1.165, 1.54) is 6.20 Å². The third kappa shape index (κ3) is 4.24. The molecule has 1 atom stereocenters. The molecule has 1 aromatic heterocycles. The van der Waals surface area contributed by atoms with Gasteiger partial charge in [-0.05, 0) is 44.1 Å². The first-order valence-corrected chi connectivity index (χ1v) is 8.86. The number of nitrogens with zero attached hydrogens (tertiary/aromatic N) is 2. The molecule has 5 nitrogen and oxygen atoms in total. The highest BCUT2D eigenvalue weighted by Gasteiger charge is 2.26. The summed E-state index contributed by atoms with van der Waals surface area (Å²) in [5.41, 5.74) is 0.551. The zero-order valence-corrected chi connectivity index (χ0v) is 15.3. The van der Waals surface area contributed by atoms with Gasteiger partial charge in [0.15, 0.2) is 0 Å². The molecule has 1 amide bonds. The molecule has 132 valence electrons. The summed E-state index contributed by atoms with van der Waals surface area (Å²) in [6.45, 7) is 2.48. The van der Waals surface area contributed by atoms with E-state index in [1.54, 1.807) is 30.3 Å². The van der Waals surface area contributed by atoms with Gasteiger partial charge in [-0.3, -0.25) is 4.79 Å². The van der Waals surface area contributed by atoms with Crippen molar-refractivity contribution >= 4 is 29.1 Å². The number of rotatable bonds is 5. The maximum Gasteiger partial charge on any atom is 0.255 e. The largest absolute Gasteiger partial charge is 0.437 e. The van der Waals surface area contributed by atoms with Crippen molar-refractivity contribution in [3.05, 3.63) is 52.1 Å². The van der Waals surface area contributed by atoms with E-state index in [0.717, 1.165) is 26.1 Å². The minimum atomic E-state index is -0.00144. The second kappa shape index (κ2) is 8.04. The average molecular weight is 380 g/mol. The van der Waals surface area contributed by atoms with Gasteiger partial charge in [0.25, 0.3) is 5.91 Å². The number of amides is 1. The zero-order chi connectivity index (χ0) is 17.8. The highest BCUT2D eigenvalue weighted by molar-refractivity contribution is 6.42. The number of benzene rings is 1. The number of aromatic nitrogens is 1. The molecular weight excluding hydrogens is 361 g/mol. The van der Waals surface area contributed by atoms with Gasteiger partial charge in [0.05, 0.1) is 10.6 Å². The fraction of sp³-hybridized carbons (Fsp3) is 0.333. The van der Waals surface area contributed by atoms with E-state index in [4.69, 9.17) is 27.9 Å². The Labute approximate surface area is 156 Å². The van der Waals surface area contributed by atoms with Crippen molar-refractivity contribution in [3.63, 3.8) is 0 Å². The fourth-order valence-electron chi connectivity index (χ4n) is 2.90. The molecule has 2 heterocycles. The van der Waals surface area contributed by atoms with Crippen LogP contribution in [0.3, 0.4) is 0 Å². The third-order valence-corrected chi connectivity index (χ3v) is 4.98. The third-order valence-electron chi connectivity index (χ3n) is 4.18. The Kier molecular flexibility index (Phi) is 5.78. The van der Waals surface area contributed by atoms with Gasteiger partial charge in [-0.2, -0.15) is 0 Å². The lowest BCUT2D eigenvalue weighted by molar-refractivity contribution is 0.0786. The summed E-state index contributed by atoms with van der Waals surface area (Å²) < 4.78 is 5.64. The molecule has 0 aliphatic carbocycles. The summed E-state index contributed by atoms with van der Waals surface area (Å²) in [7, 11) is 1.93. The molecule has 1 aliphatic rings. The highest BCUT2D eigenvalue weighted by atomic mass is 35.5. The van der Waals surface area contributed by atoms with Gasteiger partial charge in [0.2, 0.25) is 5.88 Å². The van der Waals surface area contributed by atoms with E-state index in [2.05, 4.69) is 10.3 Å². The summed E-state index contributed by atoms with van der Waals surface area (Å²) in [5.74, 6) is 1.29. The van der Waals surface area contributed by atoms with Crippen molar-refractivity contribution in [2.45, 2.75) is 6.42 Å². The second-order valence-corrected chi connectivity index (χ2v) is 6.79. The summed E-state index contributed by atoms with van der Waals surface area (Å²) in [6, 6.07) is 8.51. The van der Waals surface area contributed by atoms with Crippen LogP contribution in [0.4, 0.5) is 0 Å². The average Bonchev–Trinajstić information content (AvgIpc) is 3.08.